The van der Waals surface area contributed by atoms with Crippen LogP contribution in [-0.4, -0.2) is 60.4 Å². The Morgan fingerprint density at radius 2 is 2.00 bits per heavy atom. The molecule has 0 aliphatic carbocycles. The van der Waals surface area contributed by atoms with Crippen molar-refractivity contribution in [2.24, 2.45) is 0 Å². The zero-order chi connectivity index (χ0) is 13.2. The fourth-order valence-corrected chi connectivity index (χ4v) is 3.07. The smallest absolute Gasteiger partial charge is 0.236 e. The van der Waals surface area contributed by atoms with E-state index in [-0.39, 0.29) is 23.9 Å². The number of carbonyl (C=O) groups is 1. The molecule has 1 atom stereocenters. The van der Waals surface area contributed by atoms with Crippen LogP contribution in [0.25, 0.3) is 0 Å². The zero-order valence-electron chi connectivity index (χ0n) is 11.8. The van der Waals surface area contributed by atoms with Gasteiger partial charge in [-0.2, -0.15) is 0 Å². The molecule has 0 radical (unpaired) electrons. The molecule has 2 fully saturated rings. The predicted octanol–water partition coefficient (Wildman–Crippen LogP) is 0.550. The SMILES string of the molecule is CNCC(=O)N1CCC2(CC1)CC(C)(O)CCO2.Cl. The summed E-state index contributed by atoms with van der Waals surface area (Å²) in [4.78, 5) is 13.7. The standard InChI is InChI=1S/C13H24N2O3.ClH/c1-12(17)5-8-18-13(10-12)3-6-15(7-4-13)11(16)9-14-2;/h14,17H,3-10H2,1-2H3;1H. The second kappa shape index (κ2) is 6.39. The van der Waals surface area contributed by atoms with Crippen LogP contribution in [0.2, 0.25) is 0 Å². The molecule has 2 saturated heterocycles. The first-order chi connectivity index (χ1) is 8.46. The maximum Gasteiger partial charge on any atom is 0.236 e. The van der Waals surface area contributed by atoms with Gasteiger partial charge in [0, 0.05) is 19.5 Å². The van der Waals surface area contributed by atoms with Crippen LogP contribution in [0.5, 0.6) is 0 Å². The van der Waals surface area contributed by atoms with Crippen molar-refractivity contribution >= 4 is 18.3 Å². The number of amides is 1. The molecule has 1 amide bonds. The van der Waals surface area contributed by atoms with E-state index in [1.165, 1.54) is 0 Å². The molecule has 2 rings (SSSR count). The van der Waals surface area contributed by atoms with Crippen LogP contribution in [0.1, 0.15) is 32.6 Å². The summed E-state index contributed by atoms with van der Waals surface area (Å²) in [7, 11) is 1.78. The number of hydrogen-bond donors (Lipinski definition) is 2. The molecular formula is C13H25ClN2O3. The fourth-order valence-electron chi connectivity index (χ4n) is 3.07. The van der Waals surface area contributed by atoms with Gasteiger partial charge in [-0.25, -0.2) is 0 Å². The first-order valence-corrected chi connectivity index (χ1v) is 6.75. The van der Waals surface area contributed by atoms with Crippen molar-refractivity contribution in [1.29, 1.82) is 0 Å². The number of likely N-dealkylation sites (tertiary alicyclic amines) is 1. The highest BCUT2D eigenvalue weighted by molar-refractivity contribution is 5.85. The summed E-state index contributed by atoms with van der Waals surface area (Å²) in [6.07, 6.45) is 3.06. The predicted molar refractivity (Wildman–Crippen MR) is 75.5 cm³/mol. The van der Waals surface area contributed by atoms with Crippen molar-refractivity contribution in [3.05, 3.63) is 0 Å². The highest BCUT2D eigenvalue weighted by Gasteiger charge is 2.44. The first kappa shape index (κ1) is 16.7. The molecule has 0 aromatic heterocycles. The van der Waals surface area contributed by atoms with Crippen molar-refractivity contribution in [2.45, 2.75) is 43.8 Å². The number of piperidine rings is 1. The fraction of sp³-hybridized carbons (Fsp3) is 0.923. The minimum absolute atomic E-state index is 0. The molecule has 2 heterocycles. The average Bonchev–Trinajstić information content (AvgIpc) is 2.28. The molecule has 6 heteroatoms. The number of rotatable bonds is 2. The Balaban J connectivity index is 0.00000180. The van der Waals surface area contributed by atoms with Gasteiger partial charge in [0.25, 0.3) is 0 Å². The van der Waals surface area contributed by atoms with Crippen LogP contribution >= 0.6 is 12.4 Å². The lowest BCUT2D eigenvalue weighted by molar-refractivity contribution is -0.175. The summed E-state index contributed by atoms with van der Waals surface area (Å²) in [6.45, 7) is 4.37. The highest BCUT2D eigenvalue weighted by atomic mass is 35.5. The summed E-state index contributed by atoms with van der Waals surface area (Å²) in [6, 6.07) is 0. The first-order valence-electron chi connectivity index (χ1n) is 6.75. The summed E-state index contributed by atoms with van der Waals surface area (Å²) >= 11 is 0. The summed E-state index contributed by atoms with van der Waals surface area (Å²) in [5.41, 5.74) is -0.826. The monoisotopic (exact) mass is 292 g/mol. The van der Waals surface area contributed by atoms with E-state index >= 15 is 0 Å². The summed E-state index contributed by atoms with van der Waals surface area (Å²) in [5, 5.41) is 13.1. The van der Waals surface area contributed by atoms with Crippen molar-refractivity contribution in [2.75, 3.05) is 33.3 Å². The Morgan fingerprint density at radius 3 is 2.53 bits per heavy atom. The van der Waals surface area contributed by atoms with Gasteiger partial charge in [0.15, 0.2) is 0 Å². The van der Waals surface area contributed by atoms with E-state index in [0.717, 1.165) is 25.9 Å². The molecule has 0 aromatic rings. The minimum Gasteiger partial charge on any atom is -0.390 e. The largest absolute Gasteiger partial charge is 0.390 e. The number of aliphatic hydroxyl groups is 1. The lowest BCUT2D eigenvalue weighted by Crippen LogP contribution is -2.55. The van der Waals surface area contributed by atoms with E-state index in [2.05, 4.69) is 5.32 Å². The number of carbonyl (C=O) groups excluding carboxylic acids is 1. The average molecular weight is 293 g/mol. The van der Waals surface area contributed by atoms with E-state index < -0.39 is 5.60 Å². The van der Waals surface area contributed by atoms with Crippen LogP contribution in [0, 0.1) is 0 Å². The van der Waals surface area contributed by atoms with Gasteiger partial charge in [-0.3, -0.25) is 4.79 Å². The van der Waals surface area contributed by atoms with Crippen molar-refractivity contribution in [1.82, 2.24) is 10.2 Å². The minimum atomic E-state index is -0.616. The van der Waals surface area contributed by atoms with Crippen molar-refractivity contribution in [3.8, 4) is 0 Å². The lowest BCUT2D eigenvalue weighted by atomic mass is 9.78. The van der Waals surface area contributed by atoms with Crippen molar-refractivity contribution < 1.29 is 14.6 Å². The summed E-state index contributed by atoms with van der Waals surface area (Å²) in [5.74, 6) is 0.148. The number of likely N-dealkylation sites (N-methyl/N-ethyl adjacent to an activating group) is 1. The third-order valence-corrected chi connectivity index (χ3v) is 4.11. The van der Waals surface area contributed by atoms with E-state index in [0.29, 0.717) is 26.0 Å². The molecule has 2 aliphatic heterocycles. The molecule has 1 spiro atoms. The lowest BCUT2D eigenvalue weighted by Gasteiger charge is -2.48. The van der Waals surface area contributed by atoms with Crippen molar-refractivity contribution in [3.63, 3.8) is 0 Å². The van der Waals surface area contributed by atoms with Crippen LogP contribution in [0.15, 0.2) is 0 Å². The third kappa shape index (κ3) is 4.05. The molecule has 1 unspecified atom stereocenters. The molecule has 0 saturated carbocycles. The molecule has 5 nitrogen and oxygen atoms in total. The Morgan fingerprint density at radius 1 is 1.37 bits per heavy atom. The normalized spacial score (nSPS) is 29.9. The van der Waals surface area contributed by atoms with Gasteiger partial charge in [0.1, 0.15) is 0 Å². The highest BCUT2D eigenvalue weighted by Crippen LogP contribution is 2.39. The Bertz CT molecular complexity index is 315. The number of hydrogen-bond acceptors (Lipinski definition) is 4. The van der Waals surface area contributed by atoms with Crippen LogP contribution in [-0.2, 0) is 9.53 Å². The summed E-state index contributed by atoms with van der Waals surface area (Å²) < 4.78 is 5.92. The van der Waals surface area contributed by atoms with Gasteiger partial charge in [-0.15, -0.1) is 12.4 Å². The number of halogens is 1. The molecule has 0 aromatic carbocycles. The third-order valence-electron chi connectivity index (χ3n) is 4.11. The van der Waals surface area contributed by atoms with Crippen LogP contribution < -0.4 is 5.32 Å². The molecule has 2 aliphatic rings. The Kier molecular flexibility index (Phi) is 5.62. The topological polar surface area (TPSA) is 61.8 Å². The Hall–Kier alpha value is -0.360. The van der Waals surface area contributed by atoms with E-state index in [9.17, 15) is 9.90 Å². The molecule has 2 N–H and O–H groups in total. The quantitative estimate of drug-likeness (QED) is 0.780. The van der Waals surface area contributed by atoms with Gasteiger partial charge in [-0.05, 0) is 33.2 Å². The van der Waals surface area contributed by atoms with E-state index in [4.69, 9.17) is 4.74 Å². The second-order valence-electron chi connectivity index (χ2n) is 5.87. The van der Waals surface area contributed by atoms with Gasteiger partial charge in [-0.1, -0.05) is 0 Å². The molecule has 0 bridgehead atoms. The molecule has 19 heavy (non-hydrogen) atoms. The molecule has 112 valence electrons. The van der Waals surface area contributed by atoms with Gasteiger partial charge < -0.3 is 20.1 Å². The van der Waals surface area contributed by atoms with Gasteiger partial charge in [0.05, 0.1) is 24.4 Å². The second-order valence-corrected chi connectivity index (χ2v) is 5.87. The number of nitrogens with zero attached hydrogens (tertiary/aromatic N) is 1. The molecular weight excluding hydrogens is 268 g/mol. The van der Waals surface area contributed by atoms with Crippen LogP contribution in [0.4, 0.5) is 0 Å². The van der Waals surface area contributed by atoms with Gasteiger partial charge >= 0.3 is 0 Å². The maximum absolute atomic E-state index is 11.8. The van der Waals surface area contributed by atoms with Gasteiger partial charge in [0.2, 0.25) is 5.91 Å². The maximum atomic E-state index is 11.8. The Labute approximate surface area is 121 Å². The number of ether oxygens (including phenoxy) is 1. The van der Waals surface area contributed by atoms with E-state index in [1.807, 2.05) is 11.8 Å². The van der Waals surface area contributed by atoms with E-state index in [1.54, 1.807) is 7.05 Å². The van der Waals surface area contributed by atoms with Crippen LogP contribution in [0.3, 0.4) is 0 Å². The number of nitrogens with one attached hydrogen (secondary N) is 1. The zero-order valence-corrected chi connectivity index (χ0v) is 12.6.